The molecule has 0 heterocycles. The standard InChI is InChI=1S/C19H20N4O8S/c1-12(24)20-16-11-14(32(27,28)31-13-7-5-4-6-8-13)9-10-15(16)21-17(22-18(25)29-2)23-19(26)30-3/h4-11H,1-3H3,(H,20,24)(H2,21,22,23,25,26). The van der Waals surface area contributed by atoms with Gasteiger partial charge in [0.25, 0.3) is 0 Å². The van der Waals surface area contributed by atoms with Crippen molar-refractivity contribution in [1.29, 1.82) is 0 Å². The summed E-state index contributed by atoms with van der Waals surface area (Å²) < 4.78 is 39.2. The molecule has 13 heteroatoms. The van der Waals surface area contributed by atoms with Gasteiger partial charge >= 0.3 is 22.3 Å². The Balaban J connectivity index is 2.48. The quantitative estimate of drug-likeness (QED) is 0.344. The number of benzene rings is 2. The fourth-order valence-electron chi connectivity index (χ4n) is 2.21. The molecule has 2 rings (SSSR count). The fourth-order valence-corrected chi connectivity index (χ4v) is 3.17. The molecule has 0 aliphatic carbocycles. The largest absolute Gasteiger partial charge is 0.453 e. The number of nitrogens with one attached hydrogen (secondary N) is 3. The number of hydrogen-bond donors (Lipinski definition) is 3. The second kappa shape index (κ2) is 10.8. The van der Waals surface area contributed by atoms with E-state index in [0.717, 1.165) is 20.3 Å². The van der Waals surface area contributed by atoms with E-state index >= 15 is 0 Å². The third-order valence-electron chi connectivity index (χ3n) is 3.56. The van der Waals surface area contributed by atoms with Gasteiger partial charge in [-0.05, 0) is 30.3 Å². The van der Waals surface area contributed by atoms with Crippen molar-refractivity contribution in [1.82, 2.24) is 10.6 Å². The number of ether oxygens (including phenoxy) is 2. The van der Waals surface area contributed by atoms with Crippen LogP contribution in [-0.4, -0.2) is 46.7 Å². The normalized spacial score (nSPS) is 10.3. The number of carbonyl (C=O) groups excluding carboxylic acids is 3. The monoisotopic (exact) mass is 464 g/mol. The van der Waals surface area contributed by atoms with Crippen molar-refractivity contribution in [2.24, 2.45) is 4.99 Å². The van der Waals surface area contributed by atoms with Crippen LogP contribution < -0.4 is 20.1 Å². The lowest BCUT2D eigenvalue weighted by Crippen LogP contribution is -2.43. The molecule has 0 aliphatic heterocycles. The summed E-state index contributed by atoms with van der Waals surface area (Å²) in [5.74, 6) is -0.822. The maximum Gasteiger partial charge on any atom is 0.413 e. The second-order valence-corrected chi connectivity index (χ2v) is 7.45. The lowest BCUT2D eigenvalue weighted by atomic mass is 10.2. The minimum absolute atomic E-state index is 0.00154. The highest BCUT2D eigenvalue weighted by Gasteiger charge is 2.20. The molecule has 0 bridgehead atoms. The van der Waals surface area contributed by atoms with Crippen LogP contribution in [0.1, 0.15) is 6.92 Å². The summed E-state index contributed by atoms with van der Waals surface area (Å²) >= 11 is 0. The number of rotatable bonds is 5. The summed E-state index contributed by atoms with van der Waals surface area (Å²) in [6, 6.07) is 11.4. The maximum absolute atomic E-state index is 12.6. The molecule has 0 unspecified atom stereocenters. The van der Waals surface area contributed by atoms with E-state index in [1.54, 1.807) is 18.2 Å². The van der Waals surface area contributed by atoms with Crippen molar-refractivity contribution in [2.75, 3.05) is 19.5 Å². The number of guanidine groups is 1. The van der Waals surface area contributed by atoms with Crippen LogP contribution in [0.15, 0.2) is 58.4 Å². The number of para-hydroxylation sites is 1. The van der Waals surface area contributed by atoms with E-state index in [1.807, 2.05) is 0 Å². The van der Waals surface area contributed by atoms with Crippen molar-refractivity contribution in [2.45, 2.75) is 11.8 Å². The number of alkyl carbamates (subject to hydrolysis) is 2. The van der Waals surface area contributed by atoms with Gasteiger partial charge in [0.2, 0.25) is 11.9 Å². The topological polar surface area (TPSA) is 161 Å². The Bertz CT molecular complexity index is 1110. The molecule has 0 atom stereocenters. The molecule has 0 spiro atoms. The number of methoxy groups -OCH3 is 2. The zero-order valence-electron chi connectivity index (χ0n) is 17.2. The van der Waals surface area contributed by atoms with Crippen LogP contribution in [0, 0.1) is 0 Å². The molecule has 2 aromatic carbocycles. The van der Waals surface area contributed by atoms with Crippen LogP contribution in [0.25, 0.3) is 0 Å². The minimum Gasteiger partial charge on any atom is -0.453 e. The first kappa shape index (κ1) is 24.1. The van der Waals surface area contributed by atoms with Gasteiger partial charge in [0, 0.05) is 6.92 Å². The van der Waals surface area contributed by atoms with Crippen LogP contribution in [0.3, 0.4) is 0 Å². The van der Waals surface area contributed by atoms with Gasteiger partial charge in [-0.3, -0.25) is 15.4 Å². The average Bonchev–Trinajstić information content (AvgIpc) is 2.74. The number of anilines is 1. The minimum atomic E-state index is -4.24. The Morgan fingerprint density at radius 1 is 0.906 bits per heavy atom. The molecule has 0 radical (unpaired) electrons. The molecule has 2 aromatic rings. The zero-order valence-corrected chi connectivity index (χ0v) is 18.1. The number of aliphatic imine (C=N–C) groups is 1. The van der Waals surface area contributed by atoms with E-state index in [2.05, 4.69) is 30.4 Å². The van der Waals surface area contributed by atoms with Crippen LogP contribution in [-0.2, 0) is 24.4 Å². The number of hydrogen-bond acceptors (Lipinski definition) is 9. The van der Waals surface area contributed by atoms with Crippen LogP contribution in [0.5, 0.6) is 5.75 Å². The molecule has 3 amide bonds. The first-order chi connectivity index (χ1) is 15.1. The van der Waals surface area contributed by atoms with Crippen LogP contribution in [0.2, 0.25) is 0 Å². The second-order valence-electron chi connectivity index (χ2n) is 5.90. The van der Waals surface area contributed by atoms with Crippen LogP contribution >= 0.6 is 0 Å². The van der Waals surface area contributed by atoms with Gasteiger partial charge < -0.3 is 19.0 Å². The van der Waals surface area contributed by atoms with Crippen molar-refractivity contribution in [3.63, 3.8) is 0 Å². The molecule has 32 heavy (non-hydrogen) atoms. The zero-order chi connectivity index (χ0) is 23.7. The lowest BCUT2D eigenvalue weighted by molar-refractivity contribution is -0.114. The number of amides is 3. The Hall–Kier alpha value is -4.13. The highest BCUT2D eigenvalue weighted by Crippen LogP contribution is 2.29. The molecule has 3 N–H and O–H groups in total. The smallest absolute Gasteiger partial charge is 0.413 e. The van der Waals surface area contributed by atoms with Gasteiger partial charge in [-0.25, -0.2) is 14.6 Å². The molecule has 170 valence electrons. The summed E-state index contributed by atoms with van der Waals surface area (Å²) in [4.78, 5) is 38.5. The molecule has 0 aliphatic rings. The lowest BCUT2D eigenvalue weighted by Gasteiger charge is -2.13. The summed E-state index contributed by atoms with van der Waals surface area (Å²) in [6.07, 6.45) is -1.90. The highest BCUT2D eigenvalue weighted by atomic mass is 32.2. The van der Waals surface area contributed by atoms with Crippen molar-refractivity contribution >= 4 is 45.5 Å². The maximum atomic E-state index is 12.6. The molecule has 0 aromatic heterocycles. The fraction of sp³-hybridized carbons (Fsp3) is 0.158. The predicted octanol–water partition coefficient (Wildman–Crippen LogP) is 2.11. The molecule has 0 fully saturated rings. The molecule has 12 nitrogen and oxygen atoms in total. The first-order valence-electron chi connectivity index (χ1n) is 8.84. The molecular weight excluding hydrogens is 444 g/mol. The van der Waals surface area contributed by atoms with E-state index in [0.29, 0.717) is 0 Å². The summed E-state index contributed by atoms with van der Waals surface area (Å²) in [6.45, 7) is 1.20. The van der Waals surface area contributed by atoms with Gasteiger partial charge in [0.15, 0.2) is 0 Å². The number of carbonyl (C=O) groups is 3. The third kappa shape index (κ3) is 6.98. The van der Waals surface area contributed by atoms with E-state index in [1.165, 1.54) is 31.2 Å². The summed E-state index contributed by atoms with van der Waals surface area (Å²) in [5, 5.41) is 6.76. The van der Waals surface area contributed by atoms with Crippen molar-refractivity contribution in [3.05, 3.63) is 48.5 Å². The highest BCUT2D eigenvalue weighted by molar-refractivity contribution is 7.87. The van der Waals surface area contributed by atoms with Gasteiger partial charge in [0.05, 0.1) is 25.6 Å². The summed E-state index contributed by atoms with van der Waals surface area (Å²) in [5.41, 5.74) is -0.0345. The predicted molar refractivity (Wildman–Crippen MR) is 113 cm³/mol. The number of nitrogens with zero attached hydrogens (tertiary/aromatic N) is 1. The van der Waals surface area contributed by atoms with E-state index in [-0.39, 0.29) is 22.0 Å². The Labute approximate surface area is 183 Å². The van der Waals surface area contributed by atoms with Gasteiger partial charge in [-0.1, -0.05) is 18.2 Å². The SMILES string of the molecule is COC(=O)NC(=Nc1ccc(S(=O)(=O)Oc2ccccc2)cc1NC(C)=O)NC(=O)OC. The Morgan fingerprint density at radius 3 is 2.03 bits per heavy atom. The van der Waals surface area contributed by atoms with Gasteiger partial charge in [0.1, 0.15) is 10.6 Å². The van der Waals surface area contributed by atoms with Crippen LogP contribution in [0.4, 0.5) is 21.0 Å². The third-order valence-corrected chi connectivity index (χ3v) is 4.80. The molecule has 0 saturated heterocycles. The Morgan fingerprint density at radius 2 is 1.50 bits per heavy atom. The first-order valence-corrected chi connectivity index (χ1v) is 10.2. The van der Waals surface area contributed by atoms with Gasteiger partial charge in [-0.2, -0.15) is 8.42 Å². The van der Waals surface area contributed by atoms with Crippen molar-refractivity contribution in [3.8, 4) is 5.75 Å². The molecular formula is C19H20N4O8S. The van der Waals surface area contributed by atoms with Crippen molar-refractivity contribution < 1.29 is 36.5 Å². The van der Waals surface area contributed by atoms with E-state index < -0.39 is 34.2 Å². The average molecular weight is 464 g/mol. The van der Waals surface area contributed by atoms with E-state index in [9.17, 15) is 22.8 Å². The Kier molecular flexibility index (Phi) is 8.12. The van der Waals surface area contributed by atoms with Gasteiger partial charge in [-0.15, -0.1) is 0 Å². The van der Waals surface area contributed by atoms with E-state index in [4.69, 9.17) is 4.18 Å². The molecule has 0 saturated carbocycles. The summed E-state index contributed by atoms with van der Waals surface area (Å²) in [7, 11) is -2.05.